The van der Waals surface area contributed by atoms with Gasteiger partial charge in [-0.3, -0.25) is 0 Å². The number of esters is 1. The number of halogens is 3. The van der Waals surface area contributed by atoms with Crippen LogP contribution in [0.25, 0.3) is 0 Å². The van der Waals surface area contributed by atoms with Gasteiger partial charge in [-0.1, -0.05) is 12.1 Å². The molecule has 128 valence electrons. The lowest BCUT2D eigenvalue weighted by Crippen LogP contribution is -2.48. The normalized spacial score (nSPS) is 13.8. The maximum absolute atomic E-state index is 12.8. The molecule has 0 aromatic heterocycles. The van der Waals surface area contributed by atoms with Crippen LogP contribution >= 0.6 is 0 Å². The van der Waals surface area contributed by atoms with Crippen molar-refractivity contribution in [1.82, 2.24) is 5.32 Å². The Morgan fingerprint density at radius 1 is 1.26 bits per heavy atom. The number of anilines is 1. The van der Waals surface area contributed by atoms with Gasteiger partial charge in [-0.2, -0.15) is 13.2 Å². The van der Waals surface area contributed by atoms with Crippen molar-refractivity contribution in [3.05, 3.63) is 29.8 Å². The number of urea groups is 1. The van der Waals surface area contributed by atoms with Crippen LogP contribution in [0.15, 0.2) is 24.3 Å². The summed E-state index contributed by atoms with van der Waals surface area (Å²) in [5.74, 6) is -0.948. The van der Waals surface area contributed by atoms with Crippen molar-refractivity contribution < 1.29 is 32.6 Å². The summed E-state index contributed by atoms with van der Waals surface area (Å²) in [5, 5.41) is 14.0. The van der Waals surface area contributed by atoms with Gasteiger partial charge in [0.2, 0.25) is 0 Å². The predicted molar refractivity (Wildman–Crippen MR) is 75.7 cm³/mol. The number of carbonyl (C=O) groups is 2. The molecule has 0 aliphatic heterocycles. The minimum absolute atomic E-state index is 0.0418. The number of alkyl halides is 3. The Balaban J connectivity index is 2.70. The van der Waals surface area contributed by atoms with E-state index < -0.39 is 41.6 Å². The summed E-state index contributed by atoms with van der Waals surface area (Å²) in [6.07, 6.45) is -4.62. The lowest BCUT2D eigenvalue weighted by Gasteiger charge is -2.21. The summed E-state index contributed by atoms with van der Waals surface area (Å²) in [4.78, 5) is 23.1. The molecule has 2 amide bonds. The van der Waals surface area contributed by atoms with Crippen molar-refractivity contribution in [2.24, 2.45) is 0 Å². The van der Waals surface area contributed by atoms with Crippen molar-refractivity contribution in [2.45, 2.75) is 25.6 Å². The molecule has 0 saturated heterocycles. The van der Waals surface area contributed by atoms with Gasteiger partial charge < -0.3 is 20.5 Å². The second-order valence-corrected chi connectivity index (χ2v) is 4.85. The number of hydrogen-bond acceptors (Lipinski definition) is 4. The fourth-order valence-corrected chi connectivity index (χ4v) is 1.62. The molecule has 23 heavy (non-hydrogen) atoms. The number of carbonyl (C=O) groups excluding carboxylic acids is 2. The summed E-state index contributed by atoms with van der Waals surface area (Å²) < 4.78 is 43.0. The molecule has 0 bridgehead atoms. The fraction of sp³-hybridized carbons (Fsp3) is 0.429. The van der Waals surface area contributed by atoms with Crippen LogP contribution in [0.4, 0.5) is 23.7 Å². The second-order valence-electron chi connectivity index (χ2n) is 4.85. The Morgan fingerprint density at radius 2 is 1.87 bits per heavy atom. The number of hydrogen-bond donors (Lipinski definition) is 3. The molecule has 0 heterocycles. The highest BCUT2D eigenvalue weighted by molar-refractivity contribution is 5.91. The first-order chi connectivity index (χ1) is 10.6. The summed E-state index contributed by atoms with van der Waals surface area (Å²) in [7, 11) is 0. The third-order valence-electron chi connectivity index (χ3n) is 2.79. The van der Waals surface area contributed by atoms with Gasteiger partial charge in [0.05, 0.1) is 24.4 Å². The second kappa shape index (κ2) is 7.32. The highest BCUT2D eigenvalue weighted by Gasteiger charge is 2.34. The molecule has 1 atom stereocenters. The molecule has 0 radical (unpaired) electrons. The minimum Gasteiger partial charge on any atom is -0.464 e. The third-order valence-corrected chi connectivity index (χ3v) is 2.79. The molecule has 0 spiro atoms. The molecule has 0 aliphatic carbocycles. The number of aliphatic hydroxyl groups is 1. The molecule has 6 nitrogen and oxygen atoms in total. The van der Waals surface area contributed by atoms with E-state index in [4.69, 9.17) is 0 Å². The highest BCUT2D eigenvalue weighted by Crippen LogP contribution is 2.34. The van der Waals surface area contributed by atoms with Crippen molar-refractivity contribution in [3.63, 3.8) is 0 Å². The Hall–Kier alpha value is -2.29. The van der Waals surface area contributed by atoms with Gasteiger partial charge in [0.25, 0.3) is 0 Å². The molecule has 1 rings (SSSR count). The standard InChI is InChI=1S/C14H17F3N2O4/c1-3-23-11(20)13(2,22)8-18-12(21)19-10-7-5-4-6-9(10)14(15,16)17/h4-7,22H,3,8H2,1-2H3,(H2,18,19,21)/t13-/m0/s1. The lowest BCUT2D eigenvalue weighted by molar-refractivity contribution is -0.162. The van der Waals surface area contributed by atoms with E-state index in [2.05, 4.69) is 10.1 Å². The Labute approximate surface area is 130 Å². The largest absolute Gasteiger partial charge is 0.464 e. The SMILES string of the molecule is CCOC(=O)[C@@](C)(O)CNC(=O)Nc1ccccc1C(F)(F)F. The van der Waals surface area contributed by atoms with Gasteiger partial charge in [-0.05, 0) is 26.0 Å². The van der Waals surface area contributed by atoms with E-state index in [9.17, 15) is 27.9 Å². The monoisotopic (exact) mass is 334 g/mol. The van der Waals surface area contributed by atoms with E-state index in [-0.39, 0.29) is 6.61 Å². The van der Waals surface area contributed by atoms with E-state index >= 15 is 0 Å². The first-order valence-corrected chi connectivity index (χ1v) is 6.68. The third kappa shape index (κ3) is 5.44. The highest BCUT2D eigenvalue weighted by atomic mass is 19.4. The Bertz CT molecular complexity index is 573. The van der Waals surface area contributed by atoms with E-state index in [0.29, 0.717) is 0 Å². The first-order valence-electron chi connectivity index (χ1n) is 6.68. The van der Waals surface area contributed by atoms with E-state index in [1.807, 2.05) is 5.32 Å². The smallest absolute Gasteiger partial charge is 0.418 e. The zero-order chi connectivity index (χ0) is 17.7. The molecule has 0 saturated carbocycles. The molecular weight excluding hydrogens is 317 g/mol. The van der Waals surface area contributed by atoms with Gasteiger partial charge in [-0.15, -0.1) is 0 Å². The van der Waals surface area contributed by atoms with Crippen LogP contribution in [-0.4, -0.2) is 35.9 Å². The molecule has 1 aromatic rings. The van der Waals surface area contributed by atoms with Crippen molar-refractivity contribution in [1.29, 1.82) is 0 Å². The molecule has 0 aliphatic rings. The zero-order valence-corrected chi connectivity index (χ0v) is 12.5. The van der Waals surface area contributed by atoms with Gasteiger partial charge >= 0.3 is 18.2 Å². The van der Waals surface area contributed by atoms with Gasteiger partial charge in [0.15, 0.2) is 5.60 Å². The summed E-state index contributed by atoms with van der Waals surface area (Å²) in [6.45, 7) is 2.18. The van der Waals surface area contributed by atoms with Crippen LogP contribution < -0.4 is 10.6 Å². The molecular formula is C14H17F3N2O4. The number of rotatable bonds is 5. The van der Waals surface area contributed by atoms with Crippen molar-refractivity contribution in [2.75, 3.05) is 18.5 Å². The average Bonchev–Trinajstić information content (AvgIpc) is 2.45. The van der Waals surface area contributed by atoms with E-state index in [1.165, 1.54) is 12.1 Å². The van der Waals surface area contributed by atoms with Crippen LogP contribution in [0.5, 0.6) is 0 Å². The van der Waals surface area contributed by atoms with Crippen LogP contribution in [0.1, 0.15) is 19.4 Å². The van der Waals surface area contributed by atoms with Crippen LogP contribution in [-0.2, 0) is 15.7 Å². The van der Waals surface area contributed by atoms with Crippen molar-refractivity contribution in [3.8, 4) is 0 Å². The number of ether oxygens (including phenoxy) is 1. The van der Waals surface area contributed by atoms with Gasteiger partial charge in [0, 0.05) is 0 Å². The predicted octanol–water partition coefficient (Wildman–Crippen LogP) is 2.14. The minimum atomic E-state index is -4.62. The number of nitrogens with one attached hydrogen (secondary N) is 2. The summed E-state index contributed by atoms with van der Waals surface area (Å²) in [5.41, 5.74) is -3.43. The summed E-state index contributed by atoms with van der Waals surface area (Å²) in [6, 6.07) is 3.44. The molecule has 0 fully saturated rings. The summed E-state index contributed by atoms with van der Waals surface area (Å²) >= 11 is 0. The maximum atomic E-state index is 12.8. The van der Waals surface area contributed by atoms with Gasteiger partial charge in [-0.25, -0.2) is 9.59 Å². The van der Waals surface area contributed by atoms with E-state index in [1.54, 1.807) is 6.92 Å². The number of amides is 2. The Morgan fingerprint density at radius 3 is 2.43 bits per heavy atom. The fourth-order valence-electron chi connectivity index (χ4n) is 1.62. The van der Waals surface area contributed by atoms with Crippen LogP contribution in [0.3, 0.4) is 0 Å². The average molecular weight is 334 g/mol. The first kappa shape index (κ1) is 18.8. The van der Waals surface area contributed by atoms with E-state index in [0.717, 1.165) is 19.1 Å². The molecule has 0 unspecified atom stereocenters. The van der Waals surface area contributed by atoms with Gasteiger partial charge in [0.1, 0.15) is 0 Å². The molecule has 3 N–H and O–H groups in total. The van der Waals surface area contributed by atoms with Crippen molar-refractivity contribution >= 4 is 17.7 Å². The maximum Gasteiger partial charge on any atom is 0.418 e. The molecule has 1 aromatic carbocycles. The zero-order valence-electron chi connectivity index (χ0n) is 12.5. The van der Waals surface area contributed by atoms with Crippen LogP contribution in [0.2, 0.25) is 0 Å². The topological polar surface area (TPSA) is 87.7 Å². The van der Waals surface area contributed by atoms with Crippen LogP contribution in [0, 0.1) is 0 Å². The number of benzene rings is 1. The quantitative estimate of drug-likeness (QED) is 0.720. The molecule has 9 heteroatoms. The Kier molecular flexibility index (Phi) is 5.97. The number of para-hydroxylation sites is 1. The lowest BCUT2D eigenvalue weighted by atomic mass is 10.1.